The highest BCUT2D eigenvalue weighted by molar-refractivity contribution is 5.89. The van der Waals surface area contributed by atoms with Crippen LogP contribution in [0.25, 0.3) is 0 Å². The maximum atomic E-state index is 11.2. The molecule has 0 unspecified atom stereocenters. The molecule has 0 aliphatic carbocycles. The lowest BCUT2D eigenvalue weighted by atomic mass is 9.97. The minimum Gasteiger partial charge on any atom is -0.481 e. The van der Waals surface area contributed by atoms with Crippen molar-refractivity contribution in [2.24, 2.45) is 5.92 Å². The van der Waals surface area contributed by atoms with Gasteiger partial charge in [0.25, 0.3) is 0 Å². The molecule has 2 aromatic rings. The summed E-state index contributed by atoms with van der Waals surface area (Å²) in [4.78, 5) is 33.4. The molecule has 0 radical (unpaired) electrons. The zero-order valence-corrected chi connectivity index (χ0v) is 15.4. The predicted molar refractivity (Wildman–Crippen MR) is 103 cm³/mol. The van der Waals surface area contributed by atoms with Crippen LogP contribution in [0.5, 0.6) is 0 Å². The number of amides is 1. The Hall–Kier alpha value is -3.16. The average molecular weight is 369 g/mol. The first-order chi connectivity index (χ1) is 12.9. The Morgan fingerprint density at radius 2 is 1.85 bits per heavy atom. The first-order valence-corrected chi connectivity index (χ1v) is 8.89. The average Bonchev–Trinajstić information content (AvgIpc) is 2.61. The van der Waals surface area contributed by atoms with E-state index in [2.05, 4.69) is 25.5 Å². The molecule has 27 heavy (non-hydrogen) atoms. The lowest BCUT2D eigenvalue weighted by molar-refractivity contribution is -0.142. The summed E-state index contributed by atoms with van der Waals surface area (Å²) in [6.07, 6.45) is 1.22. The van der Waals surface area contributed by atoms with Crippen LogP contribution in [-0.4, -0.2) is 40.0 Å². The van der Waals surface area contributed by atoms with Crippen LogP contribution in [0.3, 0.4) is 0 Å². The van der Waals surface area contributed by atoms with Gasteiger partial charge in [-0.05, 0) is 38.0 Å². The molecule has 0 atom stereocenters. The van der Waals surface area contributed by atoms with Crippen LogP contribution in [0.15, 0.2) is 30.3 Å². The fraction of sp³-hybridized carbons (Fsp3) is 0.368. The quantitative estimate of drug-likeness (QED) is 0.744. The van der Waals surface area contributed by atoms with Crippen LogP contribution in [0, 0.1) is 12.8 Å². The third-order valence-corrected chi connectivity index (χ3v) is 4.45. The molecular formula is C19H23N5O3. The number of carbonyl (C=O) groups excluding carboxylic acids is 1. The van der Waals surface area contributed by atoms with Crippen LogP contribution in [0.1, 0.15) is 25.5 Å². The van der Waals surface area contributed by atoms with Crippen molar-refractivity contribution in [3.8, 4) is 0 Å². The van der Waals surface area contributed by atoms with Crippen LogP contribution in [0.2, 0.25) is 0 Å². The second-order valence-corrected chi connectivity index (χ2v) is 6.68. The Labute approximate surface area is 157 Å². The molecule has 3 rings (SSSR count). The molecule has 0 saturated carbocycles. The summed E-state index contributed by atoms with van der Waals surface area (Å²) in [6.45, 7) is 4.67. The van der Waals surface area contributed by atoms with Crippen molar-refractivity contribution >= 4 is 35.0 Å². The smallest absolute Gasteiger partial charge is 0.306 e. The van der Waals surface area contributed by atoms with E-state index in [1.165, 1.54) is 6.92 Å². The molecule has 1 aromatic heterocycles. The molecule has 3 N–H and O–H groups in total. The third-order valence-electron chi connectivity index (χ3n) is 4.45. The number of carboxylic acids is 1. The number of benzene rings is 1. The minimum atomic E-state index is -0.727. The first kappa shape index (κ1) is 18.6. The number of piperidine rings is 1. The first-order valence-electron chi connectivity index (χ1n) is 8.89. The molecule has 1 aromatic carbocycles. The summed E-state index contributed by atoms with van der Waals surface area (Å²) in [5.74, 6) is 0.108. The van der Waals surface area contributed by atoms with Crippen molar-refractivity contribution in [1.82, 2.24) is 9.97 Å². The van der Waals surface area contributed by atoms with Gasteiger partial charge in [-0.25, -0.2) is 4.98 Å². The number of rotatable bonds is 5. The van der Waals surface area contributed by atoms with Crippen molar-refractivity contribution in [3.63, 3.8) is 0 Å². The Bertz CT molecular complexity index is 847. The zero-order chi connectivity index (χ0) is 19.4. The topological polar surface area (TPSA) is 107 Å². The highest BCUT2D eigenvalue weighted by Gasteiger charge is 2.25. The summed E-state index contributed by atoms with van der Waals surface area (Å²) < 4.78 is 0. The van der Waals surface area contributed by atoms with Crippen LogP contribution in [-0.2, 0) is 9.59 Å². The van der Waals surface area contributed by atoms with Gasteiger partial charge in [-0.3, -0.25) is 9.59 Å². The summed E-state index contributed by atoms with van der Waals surface area (Å²) in [6, 6.07) is 9.23. The SMILES string of the molecule is CC(=O)Nc1cccc(Nc2nc(C)cc(N3CCC(C(=O)O)CC3)n2)c1. The number of aromatic nitrogens is 2. The normalized spacial score (nSPS) is 14.7. The molecule has 1 amide bonds. The number of aryl methyl sites for hydroxylation is 1. The predicted octanol–water partition coefficient (Wildman–Crippen LogP) is 2.79. The van der Waals surface area contributed by atoms with Crippen molar-refractivity contribution in [2.45, 2.75) is 26.7 Å². The monoisotopic (exact) mass is 369 g/mol. The maximum Gasteiger partial charge on any atom is 0.306 e. The van der Waals surface area contributed by atoms with E-state index in [4.69, 9.17) is 5.11 Å². The number of carbonyl (C=O) groups is 2. The van der Waals surface area contributed by atoms with Gasteiger partial charge in [0.1, 0.15) is 5.82 Å². The largest absolute Gasteiger partial charge is 0.481 e. The number of carboxylic acid groups (broad SMARTS) is 1. The van der Waals surface area contributed by atoms with Crippen LogP contribution >= 0.6 is 0 Å². The van der Waals surface area contributed by atoms with Crippen molar-refractivity contribution in [1.29, 1.82) is 0 Å². The Balaban J connectivity index is 1.74. The molecule has 8 nitrogen and oxygen atoms in total. The molecule has 1 aliphatic heterocycles. The van der Waals surface area contributed by atoms with Crippen molar-refractivity contribution < 1.29 is 14.7 Å². The summed E-state index contributed by atoms with van der Waals surface area (Å²) >= 11 is 0. The van der Waals surface area contributed by atoms with E-state index in [1.807, 2.05) is 37.3 Å². The van der Waals surface area contributed by atoms with Gasteiger partial charge in [0.2, 0.25) is 11.9 Å². The van der Waals surface area contributed by atoms with Gasteiger partial charge in [-0.2, -0.15) is 4.98 Å². The number of hydrogen-bond donors (Lipinski definition) is 3. The molecule has 8 heteroatoms. The van der Waals surface area contributed by atoms with Gasteiger partial charge >= 0.3 is 5.97 Å². The fourth-order valence-corrected chi connectivity index (χ4v) is 3.13. The Morgan fingerprint density at radius 1 is 1.15 bits per heavy atom. The van der Waals surface area contributed by atoms with E-state index in [9.17, 15) is 9.59 Å². The standard InChI is InChI=1S/C19H23N5O3/c1-12-10-17(24-8-6-14(7-9-24)18(26)27)23-19(20-12)22-16-5-3-4-15(11-16)21-13(2)25/h3-5,10-11,14H,6-9H2,1-2H3,(H,21,25)(H,26,27)(H,20,22,23). The van der Waals surface area contributed by atoms with Crippen LogP contribution < -0.4 is 15.5 Å². The summed E-state index contributed by atoms with van der Waals surface area (Å²) in [7, 11) is 0. The lowest BCUT2D eigenvalue weighted by Crippen LogP contribution is -2.36. The number of aliphatic carboxylic acids is 1. The third kappa shape index (κ3) is 4.93. The maximum absolute atomic E-state index is 11.2. The second kappa shape index (κ2) is 8.03. The van der Waals surface area contributed by atoms with Gasteiger partial charge in [0, 0.05) is 43.1 Å². The zero-order valence-electron chi connectivity index (χ0n) is 15.4. The highest BCUT2D eigenvalue weighted by atomic mass is 16.4. The molecule has 1 aliphatic rings. The van der Waals surface area contributed by atoms with E-state index < -0.39 is 5.97 Å². The fourth-order valence-electron chi connectivity index (χ4n) is 3.13. The Kier molecular flexibility index (Phi) is 5.54. The number of nitrogens with zero attached hydrogens (tertiary/aromatic N) is 3. The molecule has 1 saturated heterocycles. The van der Waals surface area contributed by atoms with E-state index in [-0.39, 0.29) is 11.8 Å². The summed E-state index contributed by atoms with van der Waals surface area (Å²) in [5.41, 5.74) is 2.28. The molecule has 1 fully saturated rings. The van der Waals surface area contributed by atoms with E-state index in [1.54, 1.807) is 0 Å². The second-order valence-electron chi connectivity index (χ2n) is 6.68. The van der Waals surface area contributed by atoms with E-state index >= 15 is 0 Å². The summed E-state index contributed by atoms with van der Waals surface area (Å²) in [5, 5.41) is 15.1. The highest BCUT2D eigenvalue weighted by Crippen LogP contribution is 2.25. The number of anilines is 4. The molecular weight excluding hydrogens is 346 g/mol. The molecule has 2 heterocycles. The lowest BCUT2D eigenvalue weighted by Gasteiger charge is -2.31. The molecule has 142 valence electrons. The van der Waals surface area contributed by atoms with Gasteiger partial charge < -0.3 is 20.6 Å². The molecule has 0 spiro atoms. The van der Waals surface area contributed by atoms with Gasteiger partial charge in [-0.15, -0.1) is 0 Å². The van der Waals surface area contributed by atoms with E-state index in [0.29, 0.717) is 37.6 Å². The minimum absolute atomic E-state index is 0.133. The van der Waals surface area contributed by atoms with Gasteiger partial charge in [-0.1, -0.05) is 6.07 Å². The van der Waals surface area contributed by atoms with Crippen LogP contribution in [0.4, 0.5) is 23.1 Å². The van der Waals surface area contributed by atoms with Crippen molar-refractivity contribution in [2.75, 3.05) is 28.6 Å². The number of nitrogens with one attached hydrogen (secondary N) is 2. The Morgan fingerprint density at radius 3 is 2.52 bits per heavy atom. The van der Waals surface area contributed by atoms with E-state index in [0.717, 1.165) is 17.2 Å². The number of hydrogen-bond acceptors (Lipinski definition) is 6. The van der Waals surface area contributed by atoms with Gasteiger partial charge in [0.05, 0.1) is 5.92 Å². The molecule has 0 bridgehead atoms. The van der Waals surface area contributed by atoms with Gasteiger partial charge in [0.15, 0.2) is 0 Å². The van der Waals surface area contributed by atoms with Crippen molar-refractivity contribution in [3.05, 3.63) is 36.0 Å².